The summed E-state index contributed by atoms with van der Waals surface area (Å²) in [6.07, 6.45) is 2.01. The number of nitrogens with zero attached hydrogens (tertiary/aromatic N) is 3. The van der Waals surface area contributed by atoms with Gasteiger partial charge in [-0.15, -0.1) is 10.2 Å². The summed E-state index contributed by atoms with van der Waals surface area (Å²) in [6.45, 7) is 2.16. The molecule has 0 aliphatic rings. The van der Waals surface area contributed by atoms with Crippen LogP contribution in [-0.4, -0.2) is 14.6 Å². The van der Waals surface area contributed by atoms with Gasteiger partial charge in [-0.25, -0.2) is 0 Å². The van der Waals surface area contributed by atoms with Gasteiger partial charge in [0.2, 0.25) is 0 Å². The molecule has 1 unspecified atom stereocenters. The third-order valence-corrected chi connectivity index (χ3v) is 5.33. The summed E-state index contributed by atoms with van der Waals surface area (Å²) in [4.78, 5) is 0. The highest BCUT2D eigenvalue weighted by atomic mass is 32.2. The Morgan fingerprint density at radius 3 is 2.42 bits per heavy atom. The lowest BCUT2D eigenvalue weighted by Gasteiger charge is -2.18. The van der Waals surface area contributed by atoms with Crippen LogP contribution in [0.5, 0.6) is 0 Å². The van der Waals surface area contributed by atoms with E-state index in [1.54, 1.807) is 11.8 Å². The Balaban J connectivity index is 1.80. The van der Waals surface area contributed by atoms with E-state index in [1.807, 2.05) is 28.8 Å². The van der Waals surface area contributed by atoms with Gasteiger partial charge in [-0.2, -0.15) is 0 Å². The monoisotopic (exact) mass is 331 g/mol. The topological polar surface area (TPSA) is 30.2 Å². The highest BCUT2D eigenvalue weighted by Crippen LogP contribution is 2.40. The molecular weight excluding hydrogens is 314 g/mol. The first-order chi connectivity index (χ1) is 11.8. The molecule has 3 nitrogen and oxygen atoms in total. The molecule has 0 aliphatic heterocycles. The van der Waals surface area contributed by atoms with Crippen LogP contribution in [0.1, 0.15) is 21.9 Å². The van der Waals surface area contributed by atoms with Crippen LogP contribution in [0.4, 0.5) is 0 Å². The van der Waals surface area contributed by atoms with E-state index >= 15 is 0 Å². The van der Waals surface area contributed by atoms with Crippen molar-refractivity contribution in [2.75, 3.05) is 0 Å². The molecule has 4 aromatic rings. The van der Waals surface area contributed by atoms with Gasteiger partial charge in [0.05, 0.1) is 5.25 Å². The van der Waals surface area contributed by atoms with Crippen LogP contribution in [0.3, 0.4) is 0 Å². The van der Waals surface area contributed by atoms with Gasteiger partial charge in [0, 0.05) is 6.20 Å². The van der Waals surface area contributed by atoms with Crippen molar-refractivity contribution in [2.24, 2.45) is 0 Å². The number of thioether (sulfide) groups is 1. The van der Waals surface area contributed by atoms with Crippen LogP contribution in [0, 0.1) is 6.92 Å². The Hall–Kier alpha value is -2.59. The summed E-state index contributed by atoms with van der Waals surface area (Å²) >= 11 is 1.73. The largest absolute Gasteiger partial charge is 0.277 e. The van der Waals surface area contributed by atoms with Crippen LogP contribution >= 0.6 is 11.8 Å². The average molecular weight is 331 g/mol. The van der Waals surface area contributed by atoms with E-state index in [1.165, 1.54) is 16.7 Å². The molecule has 1 atom stereocenters. The molecule has 0 saturated carbocycles. The lowest BCUT2D eigenvalue weighted by atomic mass is 10.0. The van der Waals surface area contributed by atoms with E-state index in [2.05, 4.69) is 71.7 Å². The van der Waals surface area contributed by atoms with Crippen LogP contribution in [0.15, 0.2) is 84.1 Å². The summed E-state index contributed by atoms with van der Waals surface area (Å²) in [5.41, 5.74) is 4.73. The van der Waals surface area contributed by atoms with Crippen molar-refractivity contribution in [2.45, 2.75) is 17.3 Å². The minimum absolute atomic E-state index is 0.181. The number of fused-ring (bicyclic) bond motifs is 1. The van der Waals surface area contributed by atoms with E-state index in [9.17, 15) is 0 Å². The number of aryl methyl sites for hydroxylation is 1. The molecule has 0 aliphatic carbocycles. The Kier molecular flexibility index (Phi) is 4.05. The van der Waals surface area contributed by atoms with Gasteiger partial charge in [0.1, 0.15) is 0 Å². The number of benzene rings is 2. The third-order valence-electron chi connectivity index (χ3n) is 4.08. The number of hydrogen-bond acceptors (Lipinski definition) is 3. The van der Waals surface area contributed by atoms with Gasteiger partial charge < -0.3 is 0 Å². The Morgan fingerprint density at radius 1 is 0.833 bits per heavy atom. The van der Waals surface area contributed by atoms with Gasteiger partial charge in [0.25, 0.3) is 0 Å². The zero-order valence-electron chi connectivity index (χ0n) is 13.3. The smallest absolute Gasteiger partial charge is 0.196 e. The number of aromatic nitrogens is 3. The van der Waals surface area contributed by atoms with Crippen molar-refractivity contribution in [3.8, 4) is 0 Å². The molecule has 0 N–H and O–H groups in total. The highest BCUT2D eigenvalue weighted by molar-refractivity contribution is 7.99. The first-order valence-corrected chi connectivity index (χ1v) is 8.78. The predicted octanol–water partition coefficient (Wildman–Crippen LogP) is 4.92. The SMILES string of the molecule is Cc1ccccc1C(Sc1nnc2ccccn12)c1ccccc1. The Bertz CT molecular complexity index is 963. The molecule has 0 amide bonds. The van der Waals surface area contributed by atoms with Gasteiger partial charge >= 0.3 is 0 Å². The van der Waals surface area contributed by atoms with Gasteiger partial charge in [-0.05, 0) is 35.7 Å². The van der Waals surface area contributed by atoms with Crippen LogP contribution in [-0.2, 0) is 0 Å². The first-order valence-electron chi connectivity index (χ1n) is 7.90. The minimum atomic E-state index is 0.181. The predicted molar refractivity (Wildman–Crippen MR) is 98.3 cm³/mol. The summed E-state index contributed by atoms with van der Waals surface area (Å²) in [5.74, 6) is 0. The second-order valence-corrected chi connectivity index (χ2v) is 6.75. The fourth-order valence-electron chi connectivity index (χ4n) is 2.83. The molecule has 4 rings (SSSR count). The molecule has 24 heavy (non-hydrogen) atoms. The first kappa shape index (κ1) is 15.0. The van der Waals surface area contributed by atoms with Crippen LogP contribution < -0.4 is 0 Å². The number of rotatable bonds is 4. The highest BCUT2D eigenvalue weighted by Gasteiger charge is 2.20. The van der Waals surface area contributed by atoms with Crippen molar-refractivity contribution >= 4 is 17.4 Å². The van der Waals surface area contributed by atoms with Crippen molar-refractivity contribution in [1.82, 2.24) is 14.6 Å². The van der Waals surface area contributed by atoms with E-state index in [0.29, 0.717) is 0 Å². The fourth-order valence-corrected chi connectivity index (χ4v) is 4.08. The maximum absolute atomic E-state index is 4.39. The zero-order chi connectivity index (χ0) is 16.4. The van der Waals surface area contributed by atoms with Gasteiger partial charge in [-0.3, -0.25) is 4.40 Å². The summed E-state index contributed by atoms with van der Waals surface area (Å²) in [6, 6.07) is 25.1. The van der Waals surface area contributed by atoms with E-state index in [4.69, 9.17) is 0 Å². The lowest BCUT2D eigenvalue weighted by Crippen LogP contribution is -2.01. The van der Waals surface area contributed by atoms with Crippen molar-refractivity contribution in [3.05, 3.63) is 95.7 Å². The van der Waals surface area contributed by atoms with E-state index in [0.717, 1.165) is 10.8 Å². The molecule has 0 bridgehead atoms. The van der Waals surface area contributed by atoms with Gasteiger partial charge in [0.15, 0.2) is 10.8 Å². The average Bonchev–Trinajstić information content (AvgIpc) is 3.04. The van der Waals surface area contributed by atoms with Crippen molar-refractivity contribution in [1.29, 1.82) is 0 Å². The molecule has 0 saturated heterocycles. The molecule has 4 heteroatoms. The maximum atomic E-state index is 4.39. The second-order valence-electron chi connectivity index (χ2n) is 5.68. The van der Waals surface area contributed by atoms with Crippen molar-refractivity contribution < 1.29 is 0 Å². The van der Waals surface area contributed by atoms with Crippen LogP contribution in [0.25, 0.3) is 5.65 Å². The van der Waals surface area contributed by atoms with E-state index < -0.39 is 0 Å². The molecule has 2 aromatic carbocycles. The molecule has 118 valence electrons. The zero-order valence-corrected chi connectivity index (χ0v) is 14.1. The quantitative estimate of drug-likeness (QED) is 0.497. The standard InChI is InChI=1S/C20H17N3S/c1-15-9-5-6-12-17(15)19(16-10-3-2-4-11-16)24-20-22-21-18-13-7-8-14-23(18)20/h2-14,19H,1H3. The normalized spacial score (nSPS) is 12.4. The fraction of sp³-hybridized carbons (Fsp3) is 0.100. The summed E-state index contributed by atoms with van der Waals surface area (Å²) in [5, 5.41) is 9.75. The molecule has 0 radical (unpaired) electrons. The Labute approximate surface area is 145 Å². The summed E-state index contributed by atoms with van der Waals surface area (Å²) < 4.78 is 2.04. The molecule has 2 heterocycles. The molecule has 0 fully saturated rings. The Morgan fingerprint density at radius 2 is 1.58 bits per heavy atom. The van der Waals surface area contributed by atoms with Crippen LogP contribution in [0.2, 0.25) is 0 Å². The number of hydrogen-bond donors (Lipinski definition) is 0. The summed E-state index contributed by atoms with van der Waals surface area (Å²) in [7, 11) is 0. The second kappa shape index (κ2) is 6.49. The molecule has 2 aromatic heterocycles. The third kappa shape index (κ3) is 2.81. The minimum Gasteiger partial charge on any atom is -0.277 e. The van der Waals surface area contributed by atoms with Gasteiger partial charge in [-0.1, -0.05) is 72.4 Å². The lowest BCUT2D eigenvalue weighted by molar-refractivity contribution is 0.914. The van der Waals surface area contributed by atoms with Crippen molar-refractivity contribution in [3.63, 3.8) is 0 Å². The molecular formula is C20H17N3S. The van der Waals surface area contributed by atoms with E-state index in [-0.39, 0.29) is 5.25 Å². The number of pyridine rings is 1. The molecule has 0 spiro atoms. The maximum Gasteiger partial charge on any atom is 0.196 e.